The number of benzene rings is 2. The summed E-state index contributed by atoms with van der Waals surface area (Å²) in [4.78, 5) is 45.8. The molecule has 2 rings (SSSR count). The van der Waals surface area contributed by atoms with Crippen LogP contribution in [0.3, 0.4) is 0 Å². The number of carbonyl (C=O) groups is 3. The first-order chi connectivity index (χ1) is 14.7. The Morgan fingerprint density at radius 2 is 1.87 bits per heavy atom. The van der Waals surface area contributed by atoms with E-state index in [1.165, 1.54) is 19.2 Å². The van der Waals surface area contributed by atoms with Gasteiger partial charge >= 0.3 is 5.97 Å². The number of ether oxygens (including phenoxy) is 2. The van der Waals surface area contributed by atoms with Crippen molar-refractivity contribution in [3.8, 4) is 5.75 Å². The molecule has 0 saturated carbocycles. The molecular weight excluding hydrogens is 420 g/mol. The van der Waals surface area contributed by atoms with Gasteiger partial charge in [-0.15, -0.1) is 0 Å². The molecule has 31 heavy (non-hydrogen) atoms. The van der Waals surface area contributed by atoms with E-state index in [2.05, 4.69) is 10.6 Å². The highest BCUT2D eigenvalue weighted by molar-refractivity contribution is 5.95. The highest BCUT2D eigenvalue weighted by Crippen LogP contribution is 2.28. The van der Waals surface area contributed by atoms with Gasteiger partial charge in [0.25, 0.3) is 17.5 Å². The Balaban J connectivity index is 1.79. The van der Waals surface area contributed by atoms with E-state index in [0.29, 0.717) is 6.07 Å². The van der Waals surface area contributed by atoms with Crippen LogP contribution in [0.25, 0.3) is 0 Å². The molecule has 0 aliphatic heterocycles. The number of halogens is 2. The Morgan fingerprint density at radius 3 is 2.52 bits per heavy atom. The highest BCUT2D eigenvalue weighted by Gasteiger charge is 2.18. The van der Waals surface area contributed by atoms with Crippen LogP contribution < -0.4 is 15.4 Å². The van der Waals surface area contributed by atoms with Gasteiger partial charge in [0.05, 0.1) is 30.1 Å². The van der Waals surface area contributed by atoms with E-state index in [1.54, 1.807) is 0 Å². The molecule has 2 aromatic carbocycles. The molecule has 0 aliphatic rings. The van der Waals surface area contributed by atoms with Crippen molar-refractivity contribution in [1.29, 1.82) is 0 Å². The first-order valence-electron chi connectivity index (χ1n) is 8.72. The summed E-state index contributed by atoms with van der Waals surface area (Å²) in [6.07, 6.45) is -0.329. The Morgan fingerprint density at radius 1 is 1.13 bits per heavy atom. The van der Waals surface area contributed by atoms with E-state index in [9.17, 15) is 33.3 Å². The molecule has 10 nitrogen and oxygen atoms in total. The highest BCUT2D eigenvalue weighted by atomic mass is 19.1. The number of nitro benzene ring substituents is 1. The number of hydrogen-bond donors (Lipinski definition) is 2. The average molecular weight is 437 g/mol. The van der Waals surface area contributed by atoms with E-state index >= 15 is 0 Å². The summed E-state index contributed by atoms with van der Waals surface area (Å²) in [6, 6.07) is 6.21. The predicted molar refractivity (Wildman–Crippen MR) is 103 cm³/mol. The summed E-state index contributed by atoms with van der Waals surface area (Å²) >= 11 is 0. The Hall–Kier alpha value is -4.09. The lowest BCUT2D eigenvalue weighted by molar-refractivity contribution is -0.384. The van der Waals surface area contributed by atoms with E-state index in [4.69, 9.17) is 9.47 Å². The van der Waals surface area contributed by atoms with Gasteiger partial charge in [-0.05, 0) is 24.3 Å². The van der Waals surface area contributed by atoms with Crippen molar-refractivity contribution in [1.82, 2.24) is 5.32 Å². The summed E-state index contributed by atoms with van der Waals surface area (Å²) in [6.45, 7) is -0.942. The molecule has 12 heteroatoms. The fourth-order valence-corrected chi connectivity index (χ4v) is 2.35. The van der Waals surface area contributed by atoms with Crippen molar-refractivity contribution in [2.24, 2.45) is 0 Å². The van der Waals surface area contributed by atoms with Gasteiger partial charge in [0.15, 0.2) is 6.61 Å². The average Bonchev–Trinajstić information content (AvgIpc) is 2.72. The summed E-state index contributed by atoms with van der Waals surface area (Å²) in [7, 11) is 1.33. The number of rotatable bonds is 9. The van der Waals surface area contributed by atoms with Crippen LogP contribution in [0.15, 0.2) is 36.4 Å². The van der Waals surface area contributed by atoms with Crippen molar-refractivity contribution < 1.29 is 37.6 Å². The van der Waals surface area contributed by atoms with Crippen molar-refractivity contribution in [2.45, 2.75) is 6.42 Å². The topological polar surface area (TPSA) is 137 Å². The predicted octanol–water partition coefficient (Wildman–Crippen LogP) is 2.18. The van der Waals surface area contributed by atoms with E-state index < -0.39 is 52.2 Å². The summed E-state index contributed by atoms with van der Waals surface area (Å²) < 4.78 is 36.0. The molecule has 2 aromatic rings. The minimum Gasteiger partial charge on any atom is -0.496 e. The quantitative estimate of drug-likeness (QED) is 0.348. The summed E-state index contributed by atoms with van der Waals surface area (Å²) in [5, 5.41) is 15.6. The van der Waals surface area contributed by atoms with Crippen LogP contribution in [0.2, 0.25) is 0 Å². The number of hydrogen-bond acceptors (Lipinski definition) is 7. The maximum absolute atomic E-state index is 13.5. The van der Waals surface area contributed by atoms with E-state index in [-0.39, 0.29) is 24.4 Å². The van der Waals surface area contributed by atoms with Crippen LogP contribution in [0, 0.1) is 21.7 Å². The maximum Gasteiger partial charge on any atom is 0.308 e. The van der Waals surface area contributed by atoms with E-state index in [0.717, 1.165) is 18.2 Å². The second kappa shape index (κ2) is 10.6. The largest absolute Gasteiger partial charge is 0.496 e. The number of nitro groups is 1. The lowest BCUT2D eigenvalue weighted by Crippen LogP contribution is -2.28. The third-order valence-corrected chi connectivity index (χ3v) is 3.83. The fourth-order valence-electron chi connectivity index (χ4n) is 2.35. The number of amides is 2. The van der Waals surface area contributed by atoms with Gasteiger partial charge in [-0.25, -0.2) is 8.78 Å². The Bertz CT molecular complexity index is 1010. The standard InChI is InChI=1S/C19H17F2N3O7/c1-30-12-3-5-15(16(9-12)24(28)29)23-17(25)10-31-18(26)6-7-22-19(27)13-4-2-11(20)8-14(13)21/h2-5,8-9H,6-7,10H2,1H3,(H,22,27)(H,23,25). The molecule has 0 aromatic heterocycles. The molecule has 0 heterocycles. The zero-order valence-electron chi connectivity index (χ0n) is 16.1. The number of anilines is 1. The lowest BCUT2D eigenvalue weighted by atomic mass is 10.2. The van der Waals surface area contributed by atoms with Gasteiger partial charge in [-0.3, -0.25) is 24.5 Å². The Labute approximate surface area is 174 Å². The normalized spacial score (nSPS) is 10.2. The number of esters is 1. The summed E-state index contributed by atoms with van der Waals surface area (Å²) in [5.74, 6) is -4.19. The van der Waals surface area contributed by atoms with Crippen LogP contribution in [0.5, 0.6) is 5.75 Å². The molecule has 0 fully saturated rings. The minimum absolute atomic E-state index is 0.111. The molecule has 0 unspecified atom stereocenters. The van der Waals surface area contributed by atoms with Gasteiger partial charge in [0.1, 0.15) is 23.1 Å². The first-order valence-corrected chi connectivity index (χ1v) is 8.72. The van der Waals surface area contributed by atoms with Crippen molar-refractivity contribution in [2.75, 3.05) is 25.6 Å². The van der Waals surface area contributed by atoms with Crippen LogP contribution in [0.4, 0.5) is 20.2 Å². The molecule has 164 valence electrons. The van der Waals surface area contributed by atoms with Crippen LogP contribution in [0.1, 0.15) is 16.8 Å². The number of methoxy groups -OCH3 is 1. The number of nitrogens with one attached hydrogen (secondary N) is 2. The zero-order chi connectivity index (χ0) is 23.0. The van der Waals surface area contributed by atoms with Gasteiger partial charge in [0.2, 0.25) is 0 Å². The Kier molecular flexibility index (Phi) is 7.94. The van der Waals surface area contributed by atoms with Crippen molar-refractivity contribution in [3.63, 3.8) is 0 Å². The van der Waals surface area contributed by atoms with E-state index in [1.807, 2.05) is 0 Å². The monoisotopic (exact) mass is 437 g/mol. The molecule has 2 amide bonds. The molecule has 0 aliphatic carbocycles. The maximum atomic E-state index is 13.5. The van der Waals surface area contributed by atoms with Gasteiger partial charge in [-0.1, -0.05) is 0 Å². The molecular formula is C19H17F2N3O7. The molecule has 0 spiro atoms. The third kappa shape index (κ3) is 6.73. The number of carbonyl (C=O) groups excluding carboxylic acids is 3. The second-order valence-electron chi connectivity index (χ2n) is 5.98. The van der Waals surface area contributed by atoms with Crippen molar-refractivity contribution in [3.05, 3.63) is 63.7 Å². The lowest BCUT2D eigenvalue weighted by Gasteiger charge is -2.09. The molecule has 0 bridgehead atoms. The molecule has 0 radical (unpaired) electrons. The van der Waals surface area contributed by atoms with Crippen LogP contribution in [-0.2, 0) is 14.3 Å². The molecule has 0 atom stereocenters. The third-order valence-electron chi connectivity index (χ3n) is 3.83. The van der Waals surface area contributed by atoms with Gasteiger partial charge in [0, 0.05) is 12.6 Å². The zero-order valence-corrected chi connectivity index (χ0v) is 16.1. The number of nitrogens with zero attached hydrogens (tertiary/aromatic N) is 1. The van der Waals surface area contributed by atoms with Crippen LogP contribution in [-0.4, -0.2) is 43.0 Å². The second-order valence-corrected chi connectivity index (χ2v) is 5.98. The van der Waals surface area contributed by atoms with Crippen LogP contribution >= 0.6 is 0 Å². The molecule has 0 saturated heterocycles. The van der Waals surface area contributed by atoms with Crippen molar-refractivity contribution >= 4 is 29.2 Å². The fraction of sp³-hybridized carbons (Fsp3) is 0.211. The summed E-state index contributed by atoms with van der Waals surface area (Å²) in [5.41, 5.74) is -0.912. The van der Waals surface area contributed by atoms with Gasteiger partial charge in [-0.2, -0.15) is 0 Å². The first kappa shape index (κ1) is 23.2. The smallest absolute Gasteiger partial charge is 0.308 e. The van der Waals surface area contributed by atoms with Gasteiger partial charge < -0.3 is 20.1 Å². The molecule has 2 N–H and O–H groups in total. The minimum atomic E-state index is -1.05. The SMILES string of the molecule is COc1ccc(NC(=O)COC(=O)CCNC(=O)c2ccc(F)cc2F)c([N+](=O)[O-])c1.